The fourth-order valence-corrected chi connectivity index (χ4v) is 3.90. The Balaban J connectivity index is 1.58. The number of halogens is 2. The molecule has 2 aliphatic heterocycles. The van der Waals surface area contributed by atoms with Crippen LogP contribution in [0.2, 0.25) is 5.02 Å². The van der Waals surface area contributed by atoms with E-state index in [-0.39, 0.29) is 11.5 Å². The first-order valence-corrected chi connectivity index (χ1v) is 8.04. The third kappa shape index (κ3) is 2.23. The first-order valence-electron chi connectivity index (χ1n) is 7.66. The predicted molar refractivity (Wildman–Crippen MR) is 84.2 cm³/mol. The van der Waals surface area contributed by atoms with Crippen LogP contribution in [0.3, 0.4) is 0 Å². The standard InChI is InChI=1S/C16H19ClFN3O/c1-16(8-22-9-16)21-3-2-11(14(18)7-21)12-5-15-10(4-13(12)17)6-19-20-15/h4-6,11,14H,2-3,7-9H2,1H3,(H,19,20). The molecular formula is C16H19ClFN3O. The first kappa shape index (κ1) is 14.4. The van der Waals surface area contributed by atoms with Gasteiger partial charge in [-0.2, -0.15) is 5.10 Å². The molecule has 1 aromatic carbocycles. The fraction of sp³-hybridized carbons (Fsp3) is 0.562. The lowest BCUT2D eigenvalue weighted by Gasteiger charge is -2.50. The maximum absolute atomic E-state index is 14.8. The van der Waals surface area contributed by atoms with Gasteiger partial charge in [0, 0.05) is 22.9 Å². The molecule has 0 saturated carbocycles. The summed E-state index contributed by atoms with van der Waals surface area (Å²) in [6.45, 7) is 4.87. The van der Waals surface area contributed by atoms with Gasteiger partial charge in [-0.3, -0.25) is 10.00 Å². The molecule has 2 aromatic rings. The molecule has 0 radical (unpaired) electrons. The maximum atomic E-state index is 14.8. The summed E-state index contributed by atoms with van der Waals surface area (Å²) in [5, 5.41) is 8.54. The summed E-state index contributed by atoms with van der Waals surface area (Å²) in [6.07, 6.45) is 1.60. The molecule has 0 bridgehead atoms. The van der Waals surface area contributed by atoms with Gasteiger partial charge in [0.15, 0.2) is 0 Å². The molecule has 2 fully saturated rings. The number of H-pyrrole nitrogens is 1. The third-order valence-corrected chi connectivity index (χ3v) is 5.42. The second kappa shape index (κ2) is 5.18. The summed E-state index contributed by atoms with van der Waals surface area (Å²) in [4.78, 5) is 2.22. The lowest BCUT2D eigenvalue weighted by Crippen LogP contribution is -2.63. The van der Waals surface area contributed by atoms with E-state index in [1.54, 1.807) is 6.20 Å². The van der Waals surface area contributed by atoms with E-state index >= 15 is 0 Å². The minimum atomic E-state index is -0.913. The molecule has 0 spiro atoms. The SMILES string of the molecule is CC1(N2CCC(c3cc4[nH]ncc4cc3Cl)C(F)C2)COC1. The van der Waals surface area contributed by atoms with Crippen molar-refractivity contribution in [2.75, 3.05) is 26.3 Å². The number of alkyl halides is 1. The molecule has 2 atom stereocenters. The van der Waals surface area contributed by atoms with Crippen molar-refractivity contribution < 1.29 is 9.13 Å². The van der Waals surface area contributed by atoms with Gasteiger partial charge >= 0.3 is 0 Å². The van der Waals surface area contributed by atoms with Crippen LogP contribution in [0.4, 0.5) is 4.39 Å². The highest BCUT2D eigenvalue weighted by Gasteiger charge is 2.44. The van der Waals surface area contributed by atoms with Gasteiger partial charge in [0.1, 0.15) is 6.17 Å². The highest BCUT2D eigenvalue weighted by atomic mass is 35.5. The zero-order valence-electron chi connectivity index (χ0n) is 12.5. The molecule has 4 nitrogen and oxygen atoms in total. The maximum Gasteiger partial charge on any atom is 0.120 e. The molecule has 4 rings (SSSR count). The first-order chi connectivity index (χ1) is 10.6. The van der Waals surface area contributed by atoms with E-state index in [0.29, 0.717) is 24.8 Å². The van der Waals surface area contributed by atoms with Crippen LogP contribution in [0.15, 0.2) is 18.3 Å². The van der Waals surface area contributed by atoms with Gasteiger partial charge in [0.2, 0.25) is 0 Å². The van der Waals surface area contributed by atoms with Crippen molar-refractivity contribution in [3.05, 3.63) is 28.9 Å². The van der Waals surface area contributed by atoms with Crippen LogP contribution in [-0.4, -0.2) is 53.1 Å². The summed E-state index contributed by atoms with van der Waals surface area (Å²) < 4.78 is 20.1. The Kier molecular flexibility index (Phi) is 3.40. The van der Waals surface area contributed by atoms with E-state index in [9.17, 15) is 4.39 Å². The number of hydrogen-bond acceptors (Lipinski definition) is 3. The zero-order chi connectivity index (χ0) is 15.3. The van der Waals surface area contributed by atoms with Gasteiger partial charge in [-0.1, -0.05) is 11.6 Å². The highest BCUT2D eigenvalue weighted by molar-refractivity contribution is 6.32. The largest absolute Gasteiger partial charge is 0.377 e. The number of ether oxygens (including phenoxy) is 1. The van der Waals surface area contributed by atoms with E-state index in [1.807, 2.05) is 12.1 Å². The monoisotopic (exact) mass is 323 g/mol. The number of piperidine rings is 1. The van der Waals surface area contributed by atoms with Crippen LogP contribution in [0.1, 0.15) is 24.8 Å². The van der Waals surface area contributed by atoms with Gasteiger partial charge in [-0.05, 0) is 37.6 Å². The Bertz CT molecular complexity index is 700. The van der Waals surface area contributed by atoms with E-state index in [1.165, 1.54) is 0 Å². The third-order valence-electron chi connectivity index (χ3n) is 5.09. The summed E-state index contributed by atoms with van der Waals surface area (Å²) in [5.74, 6) is -0.152. The summed E-state index contributed by atoms with van der Waals surface area (Å²) >= 11 is 6.38. The van der Waals surface area contributed by atoms with Crippen molar-refractivity contribution in [1.29, 1.82) is 0 Å². The smallest absolute Gasteiger partial charge is 0.120 e. The average Bonchev–Trinajstić information content (AvgIpc) is 2.91. The second-order valence-electron chi connectivity index (χ2n) is 6.68. The number of aromatic nitrogens is 2. The zero-order valence-corrected chi connectivity index (χ0v) is 13.2. The summed E-state index contributed by atoms with van der Waals surface area (Å²) in [6, 6.07) is 3.82. The van der Waals surface area contributed by atoms with Crippen molar-refractivity contribution in [2.24, 2.45) is 0 Å². The number of benzene rings is 1. The molecule has 2 unspecified atom stereocenters. The van der Waals surface area contributed by atoms with Gasteiger partial charge in [0.25, 0.3) is 0 Å². The van der Waals surface area contributed by atoms with Gasteiger partial charge < -0.3 is 4.74 Å². The van der Waals surface area contributed by atoms with Gasteiger partial charge in [-0.25, -0.2) is 4.39 Å². The number of aromatic amines is 1. The van der Waals surface area contributed by atoms with Crippen LogP contribution in [0, 0.1) is 0 Å². The molecule has 1 aromatic heterocycles. The average molecular weight is 324 g/mol. The highest BCUT2D eigenvalue weighted by Crippen LogP contribution is 2.39. The Morgan fingerprint density at radius 1 is 1.45 bits per heavy atom. The molecule has 2 aliphatic rings. The van der Waals surface area contributed by atoms with E-state index in [0.717, 1.165) is 29.4 Å². The van der Waals surface area contributed by atoms with Crippen molar-refractivity contribution >= 4 is 22.5 Å². The fourth-order valence-electron chi connectivity index (χ4n) is 3.59. The molecule has 0 amide bonds. The van der Waals surface area contributed by atoms with Crippen LogP contribution in [0.5, 0.6) is 0 Å². The van der Waals surface area contributed by atoms with Gasteiger partial charge in [-0.15, -0.1) is 0 Å². The normalized spacial score (nSPS) is 28.7. The van der Waals surface area contributed by atoms with Crippen molar-refractivity contribution in [1.82, 2.24) is 15.1 Å². The molecule has 6 heteroatoms. The Labute approximate surface area is 133 Å². The Morgan fingerprint density at radius 3 is 2.95 bits per heavy atom. The number of fused-ring (bicyclic) bond motifs is 1. The predicted octanol–water partition coefficient (Wildman–Crippen LogP) is 3.13. The lowest BCUT2D eigenvalue weighted by molar-refractivity contribution is -0.143. The Morgan fingerprint density at radius 2 is 2.27 bits per heavy atom. The van der Waals surface area contributed by atoms with E-state index in [4.69, 9.17) is 16.3 Å². The van der Waals surface area contributed by atoms with Crippen LogP contribution < -0.4 is 0 Å². The number of rotatable bonds is 2. The van der Waals surface area contributed by atoms with Gasteiger partial charge in [0.05, 0.1) is 30.5 Å². The number of hydrogen-bond donors (Lipinski definition) is 1. The minimum Gasteiger partial charge on any atom is -0.377 e. The molecule has 118 valence electrons. The van der Waals surface area contributed by atoms with Crippen LogP contribution in [0.25, 0.3) is 10.9 Å². The Hall–Kier alpha value is -1.17. The number of nitrogens with one attached hydrogen (secondary N) is 1. The lowest BCUT2D eigenvalue weighted by atomic mass is 9.84. The molecule has 2 saturated heterocycles. The molecule has 22 heavy (non-hydrogen) atoms. The number of likely N-dealkylation sites (tertiary alicyclic amines) is 1. The summed E-state index contributed by atoms with van der Waals surface area (Å²) in [5.41, 5.74) is 1.81. The van der Waals surface area contributed by atoms with Crippen LogP contribution >= 0.6 is 11.6 Å². The quantitative estimate of drug-likeness (QED) is 0.923. The van der Waals surface area contributed by atoms with Crippen molar-refractivity contribution in [3.63, 3.8) is 0 Å². The van der Waals surface area contributed by atoms with Crippen LogP contribution in [-0.2, 0) is 4.74 Å². The summed E-state index contributed by atoms with van der Waals surface area (Å²) in [7, 11) is 0. The second-order valence-corrected chi connectivity index (χ2v) is 7.09. The molecule has 3 heterocycles. The van der Waals surface area contributed by atoms with Crippen molar-refractivity contribution in [2.45, 2.75) is 31.0 Å². The molecular weight excluding hydrogens is 305 g/mol. The number of nitrogens with zero attached hydrogens (tertiary/aromatic N) is 2. The van der Waals surface area contributed by atoms with E-state index in [2.05, 4.69) is 22.0 Å². The molecule has 1 N–H and O–H groups in total. The minimum absolute atomic E-state index is 0.00638. The van der Waals surface area contributed by atoms with E-state index < -0.39 is 6.17 Å². The molecule has 0 aliphatic carbocycles. The topological polar surface area (TPSA) is 41.2 Å². The van der Waals surface area contributed by atoms with Crippen molar-refractivity contribution in [3.8, 4) is 0 Å².